The summed E-state index contributed by atoms with van der Waals surface area (Å²) in [6.45, 7) is 3.94. The summed E-state index contributed by atoms with van der Waals surface area (Å²) in [5.41, 5.74) is 1.05. The molecule has 98 valence electrons. The van der Waals surface area contributed by atoms with Gasteiger partial charge >= 0.3 is 5.97 Å². The Balaban J connectivity index is 1.80. The molecule has 1 saturated heterocycles. The second kappa shape index (κ2) is 6.55. The smallest absolute Gasteiger partial charge is 0.306 e. The molecule has 1 heterocycles. The Bertz CT molecular complexity index is 371. The molecule has 2 rings (SSSR count). The van der Waals surface area contributed by atoms with Crippen molar-refractivity contribution < 1.29 is 9.53 Å². The molecule has 1 aromatic rings. The van der Waals surface area contributed by atoms with Gasteiger partial charge in [-0.3, -0.25) is 4.79 Å². The van der Waals surface area contributed by atoms with E-state index in [1.165, 1.54) is 0 Å². The number of carbonyl (C=O) groups excluding carboxylic acids is 1. The molecule has 2 atom stereocenters. The highest BCUT2D eigenvalue weighted by Crippen LogP contribution is 2.20. The third-order valence-electron chi connectivity index (χ3n) is 3.43. The van der Waals surface area contributed by atoms with Gasteiger partial charge in [-0.2, -0.15) is 0 Å². The summed E-state index contributed by atoms with van der Waals surface area (Å²) in [6, 6.07) is 9.86. The number of piperidine rings is 1. The van der Waals surface area contributed by atoms with E-state index in [0.29, 0.717) is 12.3 Å². The second-order valence-corrected chi connectivity index (χ2v) is 4.96. The number of benzene rings is 1. The molecule has 1 N–H and O–H groups in total. The highest BCUT2D eigenvalue weighted by molar-refractivity contribution is 5.70. The van der Waals surface area contributed by atoms with Crippen LogP contribution < -0.4 is 5.32 Å². The molecule has 3 heteroatoms. The third kappa shape index (κ3) is 3.84. The predicted octanol–water partition coefficient (Wildman–Crippen LogP) is 2.68. The van der Waals surface area contributed by atoms with Crippen molar-refractivity contribution in [2.24, 2.45) is 5.92 Å². The number of esters is 1. The van der Waals surface area contributed by atoms with Crippen molar-refractivity contribution in [3.05, 3.63) is 35.9 Å². The first-order chi connectivity index (χ1) is 8.75. The Hall–Kier alpha value is -1.35. The van der Waals surface area contributed by atoms with Crippen LogP contribution in [0.3, 0.4) is 0 Å². The lowest BCUT2D eigenvalue weighted by Gasteiger charge is -2.22. The monoisotopic (exact) mass is 247 g/mol. The molecule has 1 aliphatic rings. The van der Waals surface area contributed by atoms with Crippen molar-refractivity contribution in [1.82, 2.24) is 5.32 Å². The summed E-state index contributed by atoms with van der Waals surface area (Å²) in [5, 5.41) is 3.32. The molecule has 0 amide bonds. The van der Waals surface area contributed by atoms with E-state index in [4.69, 9.17) is 4.74 Å². The Morgan fingerprint density at radius 2 is 2.22 bits per heavy atom. The molecule has 0 spiro atoms. The maximum absolute atomic E-state index is 11.8. The Morgan fingerprint density at radius 1 is 1.44 bits per heavy atom. The van der Waals surface area contributed by atoms with Gasteiger partial charge in [-0.05, 0) is 44.3 Å². The fourth-order valence-electron chi connectivity index (χ4n) is 2.37. The summed E-state index contributed by atoms with van der Waals surface area (Å²) in [7, 11) is 0. The van der Waals surface area contributed by atoms with Gasteiger partial charge in [0.15, 0.2) is 0 Å². The van der Waals surface area contributed by atoms with E-state index in [2.05, 4.69) is 5.32 Å². The van der Waals surface area contributed by atoms with Gasteiger partial charge in [0, 0.05) is 6.42 Å². The van der Waals surface area contributed by atoms with Crippen molar-refractivity contribution in [2.75, 3.05) is 13.1 Å². The lowest BCUT2D eigenvalue weighted by Crippen LogP contribution is -2.31. The van der Waals surface area contributed by atoms with Crippen LogP contribution in [0.5, 0.6) is 0 Å². The average Bonchev–Trinajstić information content (AvgIpc) is 2.40. The molecule has 1 aliphatic heterocycles. The summed E-state index contributed by atoms with van der Waals surface area (Å²) in [4.78, 5) is 11.8. The first kappa shape index (κ1) is 13.1. The quantitative estimate of drug-likeness (QED) is 0.831. The van der Waals surface area contributed by atoms with Crippen LogP contribution in [0.25, 0.3) is 0 Å². The molecule has 18 heavy (non-hydrogen) atoms. The zero-order chi connectivity index (χ0) is 12.8. The van der Waals surface area contributed by atoms with Gasteiger partial charge in [-0.25, -0.2) is 0 Å². The lowest BCUT2D eigenvalue weighted by molar-refractivity contribution is -0.149. The number of rotatable bonds is 4. The maximum Gasteiger partial charge on any atom is 0.306 e. The van der Waals surface area contributed by atoms with Crippen LogP contribution >= 0.6 is 0 Å². The zero-order valence-electron chi connectivity index (χ0n) is 10.9. The molecule has 1 aromatic carbocycles. The number of hydrogen-bond donors (Lipinski definition) is 1. The van der Waals surface area contributed by atoms with E-state index >= 15 is 0 Å². The summed E-state index contributed by atoms with van der Waals surface area (Å²) < 4.78 is 5.47. The molecule has 3 nitrogen and oxygen atoms in total. The van der Waals surface area contributed by atoms with E-state index in [-0.39, 0.29) is 12.1 Å². The van der Waals surface area contributed by atoms with Gasteiger partial charge in [0.25, 0.3) is 0 Å². The highest BCUT2D eigenvalue weighted by Gasteiger charge is 2.19. The third-order valence-corrected chi connectivity index (χ3v) is 3.43. The van der Waals surface area contributed by atoms with Crippen molar-refractivity contribution in [1.29, 1.82) is 0 Å². The van der Waals surface area contributed by atoms with Crippen LogP contribution in [-0.2, 0) is 9.53 Å². The van der Waals surface area contributed by atoms with Gasteiger partial charge in [0.1, 0.15) is 6.10 Å². The number of carbonyl (C=O) groups is 1. The fraction of sp³-hybridized carbons (Fsp3) is 0.533. The van der Waals surface area contributed by atoms with Crippen LogP contribution in [0.1, 0.15) is 37.9 Å². The van der Waals surface area contributed by atoms with Crippen LogP contribution in [0, 0.1) is 5.92 Å². The fourth-order valence-corrected chi connectivity index (χ4v) is 2.37. The van der Waals surface area contributed by atoms with Gasteiger partial charge in [-0.1, -0.05) is 30.3 Å². The van der Waals surface area contributed by atoms with Crippen molar-refractivity contribution >= 4 is 5.97 Å². The maximum atomic E-state index is 11.8. The molecule has 1 fully saturated rings. The molecular weight excluding hydrogens is 226 g/mol. The molecule has 0 saturated carbocycles. The van der Waals surface area contributed by atoms with Gasteiger partial charge in [0.05, 0.1) is 0 Å². The molecule has 0 aliphatic carbocycles. The summed E-state index contributed by atoms with van der Waals surface area (Å²) in [6.07, 6.45) is 2.66. The minimum atomic E-state index is -0.157. The van der Waals surface area contributed by atoms with E-state index in [0.717, 1.165) is 31.5 Å². The highest BCUT2D eigenvalue weighted by atomic mass is 16.5. The van der Waals surface area contributed by atoms with E-state index in [1.54, 1.807) is 0 Å². The predicted molar refractivity (Wildman–Crippen MR) is 71.2 cm³/mol. The summed E-state index contributed by atoms with van der Waals surface area (Å²) >= 11 is 0. The summed E-state index contributed by atoms with van der Waals surface area (Å²) in [5.74, 6) is 0.356. The second-order valence-electron chi connectivity index (χ2n) is 4.96. The molecule has 2 unspecified atom stereocenters. The van der Waals surface area contributed by atoms with Crippen LogP contribution in [0.15, 0.2) is 30.3 Å². The molecule has 0 aromatic heterocycles. The van der Waals surface area contributed by atoms with Crippen LogP contribution in [0.4, 0.5) is 0 Å². The Morgan fingerprint density at radius 3 is 2.89 bits per heavy atom. The average molecular weight is 247 g/mol. The van der Waals surface area contributed by atoms with Gasteiger partial charge in [0.2, 0.25) is 0 Å². The first-order valence-electron chi connectivity index (χ1n) is 6.71. The first-order valence-corrected chi connectivity index (χ1v) is 6.71. The van der Waals surface area contributed by atoms with E-state index in [1.807, 2.05) is 37.3 Å². The number of ether oxygens (including phenoxy) is 1. The largest absolute Gasteiger partial charge is 0.458 e. The van der Waals surface area contributed by atoms with E-state index in [9.17, 15) is 4.79 Å². The molecule has 0 radical (unpaired) electrons. The zero-order valence-corrected chi connectivity index (χ0v) is 10.9. The lowest BCUT2D eigenvalue weighted by atomic mass is 9.96. The molecular formula is C15H21NO2. The van der Waals surface area contributed by atoms with E-state index < -0.39 is 0 Å². The topological polar surface area (TPSA) is 38.3 Å². The Labute approximate surface area is 109 Å². The minimum Gasteiger partial charge on any atom is -0.458 e. The van der Waals surface area contributed by atoms with Gasteiger partial charge < -0.3 is 10.1 Å². The van der Waals surface area contributed by atoms with Crippen molar-refractivity contribution in [2.45, 2.75) is 32.3 Å². The Kier molecular flexibility index (Phi) is 4.76. The van der Waals surface area contributed by atoms with Crippen molar-refractivity contribution in [3.63, 3.8) is 0 Å². The van der Waals surface area contributed by atoms with Crippen molar-refractivity contribution in [3.8, 4) is 0 Å². The molecule has 0 bridgehead atoms. The standard InChI is InChI=1S/C15H21NO2/c1-12(14-7-3-2-4-8-14)18-15(17)10-13-6-5-9-16-11-13/h2-4,7-8,12-13,16H,5-6,9-11H2,1H3. The van der Waals surface area contributed by atoms with Gasteiger partial charge in [-0.15, -0.1) is 0 Å². The van der Waals surface area contributed by atoms with Crippen LogP contribution in [-0.4, -0.2) is 19.1 Å². The van der Waals surface area contributed by atoms with Crippen LogP contribution in [0.2, 0.25) is 0 Å². The SMILES string of the molecule is CC(OC(=O)CC1CCCNC1)c1ccccc1. The number of hydrogen-bond acceptors (Lipinski definition) is 3. The number of nitrogens with one attached hydrogen (secondary N) is 1. The minimum absolute atomic E-state index is 0.0833. The normalized spacial score (nSPS) is 21.3.